The van der Waals surface area contributed by atoms with Crippen molar-refractivity contribution in [2.24, 2.45) is 0 Å². The highest BCUT2D eigenvalue weighted by molar-refractivity contribution is 5.48. The van der Waals surface area contributed by atoms with E-state index in [4.69, 9.17) is 0 Å². The topological polar surface area (TPSA) is 4.44 Å². The summed E-state index contributed by atoms with van der Waals surface area (Å²) in [6.45, 7) is 5.55. The molecule has 0 aromatic heterocycles. The van der Waals surface area contributed by atoms with Gasteiger partial charge < -0.3 is 4.90 Å². The van der Waals surface area contributed by atoms with Crippen molar-refractivity contribution >= 4 is 6.08 Å². The minimum Gasteiger partial charge on any atom is -0.328 e. The molecule has 0 fully saturated rings. The quantitative estimate of drug-likeness (QED) is 0.806. The highest BCUT2D eigenvalue weighted by Gasteiger charge is 2.04. The summed E-state index contributed by atoms with van der Waals surface area (Å²) in [7, 11) is 0. The molecular formula is C18H22N+. The van der Waals surface area contributed by atoms with Crippen LogP contribution in [0.1, 0.15) is 18.1 Å². The van der Waals surface area contributed by atoms with E-state index in [1.54, 1.807) is 4.90 Å². The molecule has 0 aliphatic rings. The molecule has 1 unspecified atom stereocenters. The Morgan fingerprint density at radius 3 is 2.16 bits per heavy atom. The molecule has 1 atom stereocenters. The lowest BCUT2D eigenvalue weighted by atomic mass is 10.2. The molecule has 98 valence electrons. The number of quaternary nitrogens is 1. The zero-order valence-electron chi connectivity index (χ0n) is 11.5. The second-order valence-corrected chi connectivity index (χ2v) is 4.78. The van der Waals surface area contributed by atoms with Gasteiger partial charge in [0.05, 0.1) is 13.1 Å². The van der Waals surface area contributed by atoms with Crippen LogP contribution in [0, 0.1) is 0 Å². The summed E-state index contributed by atoms with van der Waals surface area (Å²) in [6.07, 6.45) is 4.48. The van der Waals surface area contributed by atoms with Gasteiger partial charge in [0.1, 0.15) is 6.54 Å². The van der Waals surface area contributed by atoms with Gasteiger partial charge in [-0.1, -0.05) is 66.7 Å². The van der Waals surface area contributed by atoms with Crippen LogP contribution in [0.25, 0.3) is 6.08 Å². The Kier molecular flexibility index (Phi) is 5.39. The standard InChI is InChI=1S/C18H21N/c1-2-19(16-18-12-7-4-8-13-18)15-9-14-17-10-5-3-6-11-17/h3-14H,2,15-16H2,1H3/p+1/b14-9+. The molecule has 1 nitrogen and oxygen atoms in total. The number of benzene rings is 2. The molecule has 0 radical (unpaired) electrons. The largest absolute Gasteiger partial charge is 0.328 e. The maximum atomic E-state index is 2.27. The fraction of sp³-hybridized carbons (Fsp3) is 0.222. The first kappa shape index (κ1) is 13.6. The maximum absolute atomic E-state index is 2.27. The molecule has 2 aromatic rings. The summed E-state index contributed by atoms with van der Waals surface area (Å²) in [6, 6.07) is 21.2. The van der Waals surface area contributed by atoms with Crippen LogP contribution in [0.15, 0.2) is 66.7 Å². The van der Waals surface area contributed by atoms with Crippen LogP contribution in [-0.4, -0.2) is 13.1 Å². The number of nitrogens with one attached hydrogen (secondary N) is 1. The summed E-state index contributed by atoms with van der Waals surface area (Å²) in [5, 5.41) is 0. The fourth-order valence-electron chi connectivity index (χ4n) is 2.15. The highest BCUT2D eigenvalue weighted by Crippen LogP contribution is 2.00. The molecule has 1 heteroatoms. The van der Waals surface area contributed by atoms with Gasteiger partial charge in [0.2, 0.25) is 0 Å². The van der Waals surface area contributed by atoms with Gasteiger partial charge in [-0.3, -0.25) is 0 Å². The molecular weight excluding hydrogens is 230 g/mol. The van der Waals surface area contributed by atoms with E-state index in [-0.39, 0.29) is 0 Å². The van der Waals surface area contributed by atoms with E-state index in [2.05, 4.69) is 79.7 Å². The van der Waals surface area contributed by atoms with Crippen molar-refractivity contribution in [1.29, 1.82) is 0 Å². The SMILES string of the molecule is CC[NH+](C/C=C/c1ccccc1)Cc1ccccc1. The fourth-order valence-corrected chi connectivity index (χ4v) is 2.15. The number of hydrogen-bond donors (Lipinski definition) is 1. The number of rotatable bonds is 6. The van der Waals surface area contributed by atoms with Crippen molar-refractivity contribution in [1.82, 2.24) is 0 Å². The summed E-state index contributed by atoms with van der Waals surface area (Å²) in [5.41, 5.74) is 2.69. The van der Waals surface area contributed by atoms with Gasteiger partial charge in [-0.05, 0) is 18.6 Å². The lowest BCUT2D eigenvalue weighted by Crippen LogP contribution is -3.10. The second-order valence-electron chi connectivity index (χ2n) is 4.78. The average molecular weight is 252 g/mol. The van der Waals surface area contributed by atoms with E-state index in [0.29, 0.717) is 0 Å². The molecule has 19 heavy (non-hydrogen) atoms. The molecule has 0 saturated heterocycles. The number of hydrogen-bond acceptors (Lipinski definition) is 0. The van der Waals surface area contributed by atoms with Crippen LogP contribution in [-0.2, 0) is 6.54 Å². The molecule has 1 N–H and O–H groups in total. The van der Waals surface area contributed by atoms with Crippen LogP contribution in [0.4, 0.5) is 0 Å². The maximum Gasteiger partial charge on any atom is 0.103 e. The Balaban J connectivity index is 1.88. The normalized spacial score (nSPS) is 12.7. The van der Waals surface area contributed by atoms with Gasteiger partial charge in [-0.2, -0.15) is 0 Å². The molecule has 0 bridgehead atoms. The number of likely N-dealkylation sites (N-methyl/N-ethyl adjacent to an activating group) is 1. The summed E-state index contributed by atoms with van der Waals surface area (Å²) in [4.78, 5) is 1.58. The third-order valence-corrected chi connectivity index (χ3v) is 3.31. The minimum atomic E-state index is 1.07. The van der Waals surface area contributed by atoms with E-state index < -0.39 is 0 Å². The lowest BCUT2D eigenvalue weighted by molar-refractivity contribution is -0.906. The Labute approximate surface area is 116 Å². The first-order valence-corrected chi connectivity index (χ1v) is 6.97. The van der Waals surface area contributed by atoms with Crippen molar-refractivity contribution in [2.75, 3.05) is 13.1 Å². The van der Waals surface area contributed by atoms with Crippen LogP contribution in [0.5, 0.6) is 0 Å². The van der Waals surface area contributed by atoms with Gasteiger partial charge in [0.25, 0.3) is 0 Å². The van der Waals surface area contributed by atoms with Crippen LogP contribution in [0.2, 0.25) is 0 Å². The van der Waals surface area contributed by atoms with E-state index >= 15 is 0 Å². The zero-order chi connectivity index (χ0) is 13.3. The molecule has 0 spiro atoms. The molecule has 0 amide bonds. The van der Waals surface area contributed by atoms with E-state index in [1.807, 2.05) is 0 Å². The predicted molar refractivity (Wildman–Crippen MR) is 82.0 cm³/mol. The molecule has 2 aromatic carbocycles. The van der Waals surface area contributed by atoms with Gasteiger partial charge >= 0.3 is 0 Å². The van der Waals surface area contributed by atoms with Crippen molar-refractivity contribution in [3.05, 3.63) is 77.9 Å². The van der Waals surface area contributed by atoms with E-state index in [9.17, 15) is 0 Å². The molecule has 0 aliphatic carbocycles. The summed E-state index contributed by atoms with van der Waals surface area (Å²) < 4.78 is 0. The molecule has 2 rings (SSSR count). The van der Waals surface area contributed by atoms with Crippen molar-refractivity contribution < 1.29 is 4.90 Å². The third kappa shape index (κ3) is 4.72. The minimum absolute atomic E-state index is 1.07. The Hall–Kier alpha value is -1.86. The first-order valence-electron chi connectivity index (χ1n) is 6.97. The van der Waals surface area contributed by atoms with Gasteiger partial charge in [-0.25, -0.2) is 0 Å². The summed E-state index contributed by atoms with van der Waals surface area (Å²) in [5.74, 6) is 0. The van der Waals surface area contributed by atoms with Gasteiger partial charge in [-0.15, -0.1) is 0 Å². The second kappa shape index (κ2) is 7.55. The van der Waals surface area contributed by atoms with Gasteiger partial charge in [0, 0.05) is 5.56 Å². The molecule has 0 saturated carbocycles. The van der Waals surface area contributed by atoms with Crippen molar-refractivity contribution in [3.8, 4) is 0 Å². The smallest absolute Gasteiger partial charge is 0.103 e. The first-order chi connectivity index (χ1) is 9.38. The molecule has 0 aliphatic heterocycles. The Morgan fingerprint density at radius 1 is 0.895 bits per heavy atom. The van der Waals surface area contributed by atoms with Crippen LogP contribution in [0.3, 0.4) is 0 Å². The van der Waals surface area contributed by atoms with Crippen molar-refractivity contribution in [2.45, 2.75) is 13.5 Å². The Morgan fingerprint density at radius 2 is 1.53 bits per heavy atom. The predicted octanol–water partition coefficient (Wildman–Crippen LogP) is 2.80. The van der Waals surface area contributed by atoms with E-state index in [0.717, 1.165) is 19.6 Å². The van der Waals surface area contributed by atoms with Crippen LogP contribution < -0.4 is 4.90 Å². The van der Waals surface area contributed by atoms with Gasteiger partial charge in [0.15, 0.2) is 0 Å². The average Bonchev–Trinajstić information content (AvgIpc) is 2.48. The van der Waals surface area contributed by atoms with Crippen LogP contribution >= 0.6 is 0 Å². The third-order valence-electron chi connectivity index (χ3n) is 3.31. The van der Waals surface area contributed by atoms with E-state index in [1.165, 1.54) is 11.1 Å². The zero-order valence-corrected chi connectivity index (χ0v) is 11.5. The lowest BCUT2D eigenvalue weighted by Gasteiger charge is -2.15. The van der Waals surface area contributed by atoms with Crippen molar-refractivity contribution in [3.63, 3.8) is 0 Å². The molecule has 0 heterocycles. The highest BCUT2D eigenvalue weighted by atomic mass is 15.1. The Bertz CT molecular complexity index is 488. The monoisotopic (exact) mass is 252 g/mol. The summed E-state index contributed by atoms with van der Waals surface area (Å²) >= 11 is 0.